The van der Waals surface area contributed by atoms with Crippen LogP contribution < -0.4 is 5.32 Å². The van der Waals surface area contributed by atoms with Gasteiger partial charge in [-0.3, -0.25) is 0 Å². The van der Waals surface area contributed by atoms with Crippen molar-refractivity contribution in [2.24, 2.45) is 0 Å². The lowest BCUT2D eigenvalue weighted by atomic mass is 10.2. The first kappa shape index (κ1) is 13.2. The van der Waals surface area contributed by atoms with E-state index in [9.17, 15) is 0 Å². The minimum atomic E-state index is 0.844. The Labute approximate surface area is 116 Å². The number of rotatable bonds is 6. The fourth-order valence-electron chi connectivity index (χ4n) is 1.71. The van der Waals surface area contributed by atoms with E-state index in [0.29, 0.717) is 0 Å². The molecule has 18 heavy (non-hydrogen) atoms. The fraction of sp³-hybridized carbons (Fsp3) is 0.385. The SMILES string of the molecule is CCNCCCc1cnn(-c2ccc(Br)cn2)c1. The van der Waals surface area contributed by atoms with Gasteiger partial charge < -0.3 is 5.32 Å². The Morgan fingerprint density at radius 1 is 1.33 bits per heavy atom. The summed E-state index contributed by atoms with van der Waals surface area (Å²) in [5.41, 5.74) is 1.25. The van der Waals surface area contributed by atoms with E-state index in [-0.39, 0.29) is 0 Å². The van der Waals surface area contributed by atoms with Crippen LogP contribution >= 0.6 is 15.9 Å². The van der Waals surface area contributed by atoms with E-state index in [2.05, 4.69) is 38.3 Å². The van der Waals surface area contributed by atoms with Gasteiger partial charge in [-0.25, -0.2) is 9.67 Å². The highest BCUT2D eigenvalue weighted by atomic mass is 79.9. The van der Waals surface area contributed by atoms with E-state index in [1.54, 1.807) is 6.20 Å². The number of nitrogens with one attached hydrogen (secondary N) is 1. The highest BCUT2D eigenvalue weighted by Crippen LogP contribution is 2.11. The number of hydrogen-bond donors (Lipinski definition) is 1. The minimum absolute atomic E-state index is 0.844. The van der Waals surface area contributed by atoms with Crippen molar-refractivity contribution in [2.45, 2.75) is 19.8 Å². The molecule has 0 fully saturated rings. The molecular weight excluding hydrogens is 292 g/mol. The molecule has 0 aliphatic heterocycles. The van der Waals surface area contributed by atoms with Gasteiger partial charge in [0.05, 0.1) is 6.20 Å². The van der Waals surface area contributed by atoms with Crippen molar-refractivity contribution >= 4 is 15.9 Å². The maximum Gasteiger partial charge on any atom is 0.153 e. The molecule has 0 bridgehead atoms. The van der Waals surface area contributed by atoms with Crippen LogP contribution in [0.2, 0.25) is 0 Å². The normalized spacial score (nSPS) is 10.8. The zero-order valence-corrected chi connectivity index (χ0v) is 12.0. The Hall–Kier alpha value is -1.20. The maximum atomic E-state index is 4.33. The van der Waals surface area contributed by atoms with Gasteiger partial charge in [-0.2, -0.15) is 5.10 Å². The zero-order chi connectivity index (χ0) is 12.8. The van der Waals surface area contributed by atoms with Crippen LogP contribution in [-0.2, 0) is 6.42 Å². The number of hydrogen-bond acceptors (Lipinski definition) is 3. The van der Waals surface area contributed by atoms with Crippen molar-refractivity contribution < 1.29 is 0 Å². The van der Waals surface area contributed by atoms with Crippen LogP contribution in [0.1, 0.15) is 18.9 Å². The Bertz CT molecular complexity index is 478. The molecule has 2 heterocycles. The maximum absolute atomic E-state index is 4.33. The van der Waals surface area contributed by atoms with E-state index in [4.69, 9.17) is 0 Å². The number of aryl methyl sites for hydroxylation is 1. The van der Waals surface area contributed by atoms with Crippen molar-refractivity contribution in [3.8, 4) is 5.82 Å². The molecule has 0 saturated heterocycles. The molecule has 0 amide bonds. The average molecular weight is 309 g/mol. The molecule has 0 aliphatic carbocycles. The number of nitrogens with zero attached hydrogens (tertiary/aromatic N) is 3. The van der Waals surface area contributed by atoms with E-state index >= 15 is 0 Å². The molecule has 2 aromatic rings. The van der Waals surface area contributed by atoms with Gasteiger partial charge >= 0.3 is 0 Å². The molecule has 5 heteroatoms. The molecular formula is C13H17BrN4. The number of aromatic nitrogens is 3. The molecule has 2 aromatic heterocycles. The molecule has 0 aromatic carbocycles. The van der Waals surface area contributed by atoms with Crippen LogP contribution in [-0.4, -0.2) is 27.9 Å². The molecule has 1 N–H and O–H groups in total. The highest BCUT2D eigenvalue weighted by Gasteiger charge is 2.01. The third-order valence-electron chi connectivity index (χ3n) is 2.65. The lowest BCUT2D eigenvalue weighted by Gasteiger charge is -2.00. The predicted octanol–water partition coefficient (Wildman–Crippen LogP) is 2.57. The predicted molar refractivity (Wildman–Crippen MR) is 75.9 cm³/mol. The van der Waals surface area contributed by atoms with Crippen LogP contribution in [0.15, 0.2) is 35.2 Å². The summed E-state index contributed by atoms with van der Waals surface area (Å²) >= 11 is 3.37. The van der Waals surface area contributed by atoms with Crippen molar-refractivity contribution in [2.75, 3.05) is 13.1 Å². The summed E-state index contributed by atoms with van der Waals surface area (Å²) in [7, 11) is 0. The molecule has 2 rings (SSSR count). The summed E-state index contributed by atoms with van der Waals surface area (Å²) in [4.78, 5) is 4.31. The van der Waals surface area contributed by atoms with Crippen LogP contribution in [0, 0.1) is 0 Å². The first-order chi connectivity index (χ1) is 8.79. The highest BCUT2D eigenvalue weighted by molar-refractivity contribution is 9.10. The Morgan fingerprint density at radius 2 is 2.22 bits per heavy atom. The van der Waals surface area contributed by atoms with Crippen molar-refractivity contribution in [1.82, 2.24) is 20.1 Å². The smallest absolute Gasteiger partial charge is 0.153 e. The topological polar surface area (TPSA) is 42.7 Å². The minimum Gasteiger partial charge on any atom is -0.317 e. The van der Waals surface area contributed by atoms with Gasteiger partial charge in [-0.05, 0) is 59.6 Å². The zero-order valence-electron chi connectivity index (χ0n) is 10.4. The van der Waals surface area contributed by atoms with Gasteiger partial charge in [0.1, 0.15) is 0 Å². The van der Waals surface area contributed by atoms with Crippen LogP contribution in [0.25, 0.3) is 5.82 Å². The summed E-state index contributed by atoms with van der Waals surface area (Å²) in [6.07, 6.45) is 7.91. The van der Waals surface area contributed by atoms with Gasteiger partial charge in [0, 0.05) is 16.9 Å². The van der Waals surface area contributed by atoms with Crippen molar-refractivity contribution in [3.05, 3.63) is 40.8 Å². The molecule has 0 aliphatic rings. The Balaban J connectivity index is 1.95. The summed E-state index contributed by atoms with van der Waals surface area (Å²) in [6, 6.07) is 3.91. The van der Waals surface area contributed by atoms with Gasteiger partial charge in [-0.15, -0.1) is 0 Å². The van der Waals surface area contributed by atoms with Crippen molar-refractivity contribution in [1.29, 1.82) is 0 Å². The Kier molecular flexibility index (Phi) is 4.90. The largest absolute Gasteiger partial charge is 0.317 e. The molecule has 0 atom stereocenters. The molecule has 0 saturated carbocycles. The van der Waals surface area contributed by atoms with Gasteiger partial charge in [0.2, 0.25) is 0 Å². The summed E-state index contributed by atoms with van der Waals surface area (Å²) in [6.45, 7) is 4.21. The second kappa shape index (κ2) is 6.66. The van der Waals surface area contributed by atoms with Crippen LogP contribution in [0.3, 0.4) is 0 Å². The van der Waals surface area contributed by atoms with E-state index in [1.807, 2.05) is 29.2 Å². The average Bonchev–Trinajstić information content (AvgIpc) is 2.84. The molecule has 0 spiro atoms. The number of halogens is 1. The summed E-state index contributed by atoms with van der Waals surface area (Å²) in [5, 5.41) is 7.65. The van der Waals surface area contributed by atoms with Gasteiger partial charge in [-0.1, -0.05) is 6.92 Å². The lowest BCUT2D eigenvalue weighted by Crippen LogP contribution is -2.14. The van der Waals surface area contributed by atoms with E-state index in [1.165, 1.54) is 5.56 Å². The summed E-state index contributed by atoms with van der Waals surface area (Å²) < 4.78 is 2.79. The quantitative estimate of drug-likeness (QED) is 0.834. The third kappa shape index (κ3) is 3.65. The fourth-order valence-corrected chi connectivity index (χ4v) is 1.95. The molecule has 96 valence electrons. The summed E-state index contributed by atoms with van der Waals surface area (Å²) in [5.74, 6) is 0.844. The standard InChI is InChI=1S/C13H17BrN4/c1-2-15-7-3-4-11-8-17-18(10-11)13-6-5-12(14)9-16-13/h5-6,8-10,15H,2-4,7H2,1H3. The Morgan fingerprint density at radius 3 is 2.94 bits per heavy atom. The monoisotopic (exact) mass is 308 g/mol. The van der Waals surface area contributed by atoms with Crippen LogP contribution in [0.4, 0.5) is 0 Å². The second-order valence-electron chi connectivity index (χ2n) is 4.08. The second-order valence-corrected chi connectivity index (χ2v) is 5.00. The van der Waals surface area contributed by atoms with E-state index < -0.39 is 0 Å². The lowest BCUT2D eigenvalue weighted by molar-refractivity contribution is 0.672. The first-order valence-electron chi connectivity index (χ1n) is 6.16. The molecule has 0 radical (unpaired) electrons. The first-order valence-corrected chi connectivity index (χ1v) is 6.95. The molecule has 4 nitrogen and oxygen atoms in total. The third-order valence-corrected chi connectivity index (χ3v) is 3.12. The van der Waals surface area contributed by atoms with Crippen molar-refractivity contribution in [3.63, 3.8) is 0 Å². The van der Waals surface area contributed by atoms with Crippen LogP contribution in [0.5, 0.6) is 0 Å². The van der Waals surface area contributed by atoms with Gasteiger partial charge in [0.25, 0.3) is 0 Å². The van der Waals surface area contributed by atoms with E-state index in [0.717, 1.165) is 36.2 Å². The van der Waals surface area contributed by atoms with Gasteiger partial charge in [0.15, 0.2) is 5.82 Å². The molecule has 0 unspecified atom stereocenters. The number of pyridine rings is 1.